The second kappa shape index (κ2) is 5.44. The topological polar surface area (TPSA) is 92.3 Å². The molecule has 8 heteroatoms. The van der Waals surface area contributed by atoms with Crippen LogP contribution < -0.4 is 10.0 Å². The van der Waals surface area contributed by atoms with E-state index in [9.17, 15) is 16.8 Å². The third-order valence-corrected chi connectivity index (χ3v) is 6.24. The fraction of sp³-hybridized carbons (Fsp3) is 1.00. The summed E-state index contributed by atoms with van der Waals surface area (Å²) in [5.41, 5.74) is 0. The highest BCUT2D eigenvalue weighted by atomic mass is 32.2. The highest BCUT2D eigenvalue weighted by Crippen LogP contribution is 2.19. The third-order valence-electron chi connectivity index (χ3n) is 2.61. The van der Waals surface area contributed by atoms with Gasteiger partial charge in [-0.05, 0) is 19.9 Å². The first-order valence-corrected chi connectivity index (χ1v) is 8.58. The van der Waals surface area contributed by atoms with E-state index in [1.54, 1.807) is 7.05 Å². The Labute approximate surface area is 96.8 Å². The molecule has 2 N–H and O–H groups in total. The van der Waals surface area contributed by atoms with Gasteiger partial charge in [0.05, 0.1) is 16.8 Å². The second-order valence-corrected chi connectivity index (χ2v) is 8.23. The van der Waals surface area contributed by atoms with E-state index in [0.717, 1.165) is 0 Å². The number of hydrogen-bond donors (Lipinski definition) is 2. The quantitative estimate of drug-likeness (QED) is 0.626. The lowest BCUT2D eigenvalue weighted by Crippen LogP contribution is -2.37. The fourth-order valence-corrected chi connectivity index (χ4v) is 4.56. The summed E-state index contributed by atoms with van der Waals surface area (Å²) < 4.78 is 48.1. The van der Waals surface area contributed by atoms with Crippen LogP contribution in [0.1, 0.15) is 12.8 Å². The summed E-state index contributed by atoms with van der Waals surface area (Å²) in [6.07, 6.45) is 1.18. The molecule has 16 heavy (non-hydrogen) atoms. The van der Waals surface area contributed by atoms with Gasteiger partial charge < -0.3 is 5.32 Å². The summed E-state index contributed by atoms with van der Waals surface area (Å²) in [5, 5.41) is 2.19. The van der Waals surface area contributed by atoms with Crippen molar-refractivity contribution in [2.45, 2.75) is 18.1 Å². The molecule has 1 heterocycles. The van der Waals surface area contributed by atoms with Crippen molar-refractivity contribution in [1.29, 1.82) is 0 Å². The van der Waals surface area contributed by atoms with Crippen LogP contribution in [-0.2, 0) is 19.9 Å². The summed E-state index contributed by atoms with van der Waals surface area (Å²) in [4.78, 5) is 0. The molecule has 0 aromatic heterocycles. The maximum absolute atomic E-state index is 11.4. The molecule has 0 bridgehead atoms. The van der Waals surface area contributed by atoms with E-state index < -0.39 is 25.1 Å². The monoisotopic (exact) mass is 270 g/mol. The fourth-order valence-electron chi connectivity index (χ4n) is 1.62. The van der Waals surface area contributed by atoms with Crippen LogP contribution in [0, 0.1) is 0 Å². The van der Waals surface area contributed by atoms with Gasteiger partial charge in [0, 0.05) is 13.1 Å². The van der Waals surface area contributed by atoms with Crippen molar-refractivity contribution in [2.24, 2.45) is 0 Å². The minimum atomic E-state index is -3.36. The molecule has 1 atom stereocenters. The molecule has 0 aromatic carbocycles. The van der Waals surface area contributed by atoms with E-state index >= 15 is 0 Å². The highest BCUT2D eigenvalue weighted by molar-refractivity contribution is 7.92. The lowest BCUT2D eigenvalue weighted by molar-refractivity contribution is 0.569. The van der Waals surface area contributed by atoms with E-state index in [0.29, 0.717) is 19.4 Å². The van der Waals surface area contributed by atoms with Gasteiger partial charge in [-0.3, -0.25) is 0 Å². The zero-order valence-electron chi connectivity index (χ0n) is 9.27. The molecule has 0 aromatic rings. The summed E-state index contributed by atoms with van der Waals surface area (Å²) in [7, 11) is -4.77. The van der Waals surface area contributed by atoms with E-state index in [1.165, 1.54) is 0 Å². The summed E-state index contributed by atoms with van der Waals surface area (Å²) in [5.74, 6) is 0.145. The van der Waals surface area contributed by atoms with Crippen molar-refractivity contribution >= 4 is 19.9 Å². The molecule has 1 aliphatic heterocycles. The lowest BCUT2D eigenvalue weighted by Gasteiger charge is -2.11. The maximum atomic E-state index is 11.4. The van der Waals surface area contributed by atoms with Gasteiger partial charge in [0.2, 0.25) is 10.0 Å². The predicted molar refractivity (Wildman–Crippen MR) is 62.5 cm³/mol. The molecular formula is C8H18N2O4S2. The number of hydrogen-bond acceptors (Lipinski definition) is 5. The Balaban J connectivity index is 2.46. The first-order valence-electron chi connectivity index (χ1n) is 5.21. The van der Waals surface area contributed by atoms with Crippen molar-refractivity contribution < 1.29 is 16.8 Å². The van der Waals surface area contributed by atoms with Crippen molar-refractivity contribution in [3.05, 3.63) is 0 Å². The average Bonchev–Trinajstić information content (AvgIpc) is 2.52. The van der Waals surface area contributed by atoms with Crippen molar-refractivity contribution in [1.82, 2.24) is 10.0 Å². The van der Waals surface area contributed by atoms with Crippen molar-refractivity contribution in [3.8, 4) is 0 Å². The number of rotatable bonds is 6. The van der Waals surface area contributed by atoms with Gasteiger partial charge in [-0.25, -0.2) is 21.6 Å². The molecule has 0 aliphatic carbocycles. The van der Waals surface area contributed by atoms with Crippen LogP contribution in [0.15, 0.2) is 0 Å². The van der Waals surface area contributed by atoms with Gasteiger partial charge in [-0.1, -0.05) is 0 Å². The minimum Gasteiger partial charge on any atom is -0.319 e. The minimum absolute atomic E-state index is 0.00831. The zero-order chi connectivity index (χ0) is 12.2. The molecule has 0 amide bonds. The molecule has 1 aliphatic rings. The van der Waals surface area contributed by atoms with Gasteiger partial charge in [0.25, 0.3) is 0 Å². The summed E-state index contributed by atoms with van der Waals surface area (Å²) in [6, 6.07) is 0. The molecule has 1 saturated heterocycles. The van der Waals surface area contributed by atoms with Crippen molar-refractivity contribution in [3.63, 3.8) is 0 Å². The van der Waals surface area contributed by atoms with Gasteiger partial charge in [-0.2, -0.15) is 0 Å². The molecule has 0 spiro atoms. The van der Waals surface area contributed by atoms with Crippen molar-refractivity contribution in [2.75, 3.05) is 31.6 Å². The van der Waals surface area contributed by atoms with Gasteiger partial charge in [-0.15, -0.1) is 0 Å². The Morgan fingerprint density at radius 2 is 2.06 bits per heavy atom. The van der Waals surface area contributed by atoms with Crippen LogP contribution in [0.25, 0.3) is 0 Å². The standard InChI is InChI=1S/C8H18N2O4S2/c1-9-4-6-16(13,14)10-7-8-3-2-5-15(8,11)12/h8-10H,2-7H2,1H3. The predicted octanol–water partition coefficient (Wildman–Crippen LogP) is -1.30. The molecular weight excluding hydrogens is 252 g/mol. The normalized spacial score (nSPS) is 24.7. The highest BCUT2D eigenvalue weighted by Gasteiger charge is 2.31. The van der Waals surface area contributed by atoms with Crippen LogP contribution in [0.3, 0.4) is 0 Å². The number of sulfonamides is 1. The molecule has 6 nitrogen and oxygen atoms in total. The van der Waals surface area contributed by atoms with Crippen LogP contribution in [-0.4, -0.2) is 53.7 Å². The summed E-state index contributed by atoms with van der Waals surface area (Å²) in [6.45, 7) is 0.362. The van der Waals surface area contributed by atoms with Gasteiger partial charge >= 0.3 is 0 Å². The van der Waals surface area contributed by atoms with Crippen LogP contribution in [0.2, 0.25) is 0 Å². The Morgan fingerprint density at radius 3 is 2.56 bits per heavy atom. The zero-order valence-corrected chi connectivity index (χ0v) is 10.9. The van der Waals surface area contributed by atoms with E-state index in [1.807, 2.05) is 0 Å². The average molecular weight is 270 g/mol. The van der Waals surface area contributed by atoms with E-state index in [2.05, 4.69) is 10.0 Å². The van der Waals surface area contributed by atoms with E-state index in [-0.39, 0.29) is 18.1 Å². The Morgan fingerprint density at radius 1 is 1.38 bits per heavy atom. The molecule has 0 radical (unpaired) electrons. The number of nitrogens with one attached hydrogen (secondary N) is 2. The molecule has 1 fully saturated rings. The van der Waals surface area contributed by atoms with Gasteiger partial charge in [0.1, 0.15) is 0 Å². The second-order valence-electron chi connectivity index (χ2n) is 3.90. The molecule has 1 rings (SSSR count). The Bertz CT molecular complexity index is 415. The van der Waals surface area contributed by atoms with Gasteiger partial charge in [0.15, 0.2) is 9.84 Å². The largest absolute Gasteiger partial charge is 0.319 e. The first kappa shape index (κ1) is 13.9. The third kappa shape index (κ3) is 4.00. The first-order chi connectivity index (χ1) is 7.37. The Kier molecular flexibility index (Phi) is 4.72. The Hall–Kier alpha value is -0.180. The molecule has 1 unspecified atom stereocenters. The number of sulfone groups is 1. The van der Waals surface area contributed by atoms with Crippen LogP contribution in [0.4, 0.5) is 0 Å². The van der Waals surface area contributed by atoms with Crippen LogP contribution >= 0.6 is 0 Å². The van der Waals surface area contributed by atoms with E-state index in [4.69, 9.17) is 0 Å². The molecule has 96 valence electrons. The maximum Gasteiger partial charge on any atom is 0.212 e. The van der Waals surface area contributed by atoms with Crippen LogP contribution in [0.5, 0.6) is 0 Å². The summed E-state index contributed by atoms with van der Waals surface area (Å²) >= 11 is 0. The molecule has 0 saturated carbocycles. The lowest BCUT2D eigenvalue weighted by atomic mass is 10.2. The SMILES string of the molecule is CNCCS(=O)(=O)NCC1CCCS1(=O)=O. The smallest absolute Gasteiger partial charge is 0.212 e.